The van der Waals surface area contributed by atoms with E-state index >= 15 is 0 Å². The summed E-state index contributed by atoms with van der Waals surface area (Å²) in [5.74, 6) is 1.44. The van der Waals surface area contributed by atoms with E-state index in [9.17, 15) is 20.1 Å². The van der Waals surface area contributed by atoms with Crippen LogP contribution in [0.2, 0.25) is 0 Å². The predicted molar refractivity (Wildman–Crippen MR) is 165 cm³/mol. The first-order valence-electron chi connectivity index (χ1n) is 17.2. The second-order valence-corrected chi connectivity index (χ2v) is 17.8. The number of aliphatic hydroxyl groups is 3. The number of alkyl carbamates (subject to hydrolysis) is 1. The van der Waals surface area contributed by atoms with E-state index < -0.39 is 23.9 Å². The van der Waals surface area contributed by atoms with Gasteiger partial charge in [-0.3, -0.25) is 0 Å². The first-order chi connectivity index (χ1) is 19.9. The second-order valence-electron chi connectivity index (χ2n) is 17.8. The summed E-state index contributed by atoms with van der Waals surface area (Å²) in [7, 11) is 4.00. The molecular weight excluding hydrogens is 544 g/mol. The number of hydrogen-bond donors (Lipinski definition) is 4. The molecule has 8 nitrogen and oxygen atoms in total. The van der Waals surface area contributed by atoms with Crippen LogP contribution in [0, 0.1) is 50.7 Å². The number of likely N-dealkylation sites (N-methyl/N-ethyl adjacent to an activating group) is 1. The van der Waals surface area contributed by atoms with Gasteiger partial charge in [0.15, 0.2) is 0 Å². The highest BCUT2D eigenvalue weighted by atomic mass is 16.6. The number of amides is 1. The molecule has 6 fully saturated rings. The molecule has 0 aromatic rings. The summed E-state index contributed by atoms with van der Waals surface area (Å²) >= 11 is 0. The van der Waals surface area contributed by atoms with Crippen LogP contribution in [-0.2, 0) is 9.47 Å². The number of nitrogens with one attached hydrogen (secondary N) is 1. The van der Waals surface area contributed by atoms with Gasteiger partial charge in [-0.15, -0.1) is 0 Å². The third-order valence-corrected chi connectivity index (χ3v) is 14.9. The third-order valence-electron chi connectivity index (χ3n) is 14.9. The van der Waals surface area contributed by atoms with Crippen molar-refractivity contribution in [3.63, 3.8) is 0 Å². The monoisotopic (exact) mass is 604 g/mol. The van der Waals surface area contributed by atoms with Crippen LogP contribution < -0.4 is 5.32 Å². The Bertz CT molecular complexity index is 1110. The average Bonchev–Trinajstić information content (AvgIpc) is 3.54. The molecule has 43 heavy (non-hydrogen) atoms. The summed E-state index contributed by atoms with van der Waals surface area (Å²) in [4.78, 5) is 14.8. The van der Waals surface area contributed by atoms with Crippen LogP contribution in [0.4, 0.5) is 4.79 Å². The van der Waals surface area contributed by atoms with Crippen molar-refractivity contribution in [3.05, 3.63) is 0 Å². The minimum atomic E-state index is -1.26. The lowest BCUT2D eigenvalue weighted by Gasteiger charge is -2.63. The Morgan fingerprint density at radius 1 is 1.07 bits per heavy atom. The number of hydrogen-bond acceptors (Lipinski definition) is 7. The molecule has 13 atom stereocenters. The van der Waals surface area contributed by atoms with Crippen LogP contribution >= 0.6 is 0 Å². The lowest BCUT2D eigenvalue weighted by atomic mass is 9.41. The lowest BCUT2D eigenvalue weighted by Crippen LogP contribution is -2.60. The fraction of sp³-hybridized carbons (Fsp3) is 0.971. The van der Waals surface area contributed by atoms with Gasteiger partial charge in [0.2, 0.25) is 0 Å². The highest BCUT2D eigenvalue weighted by molar-refractivity contribution is 5.67. The Morgan fingerprint density at radius 2 is 1.72 bits per heavy atom. The van der Waals surface area contributed by atoms with E-state index in [4.69, 9.17) is 9.47 Å². The normalized spacial score (nSPS) is 50.4. The van der Waals surface area contributed by atoms with Crippen LogP contribution in [0.15, 0.2) is 0 Å². The Hall–Kier alpha value is -0.930. The Morgan fingerprint density at radius 3 is 2.37 bits per heavy atom. The minimum absolute atomic E-state index is 0.0475. The molecule has 0 radical (unpaired) electrons. The van der Waals surface area contributed by atoms with Gasteiger partial charge in [0.05, 0.1) is 23.9 Å². The summed E-state index contributed by atoms with van der Waals surface area (Å²) in [5.41, 5.74) is -1.20. The largest absolute Gasteiger partial charge is 0.446 e. The van der Waals surface area contributed by atoms with Crippen LogP contribution in [0.5, 0.6) is 0 Å². The number of fused-ring (bicyclic) bond motifs is 4. The molecule has 0 unspecified atom stereocenters. The molecule has 1 amide bonds. The fourth-order valence-corrected chi connectivity index (χ4v) is 12.7. The number of carbonyl (C=O) groups is 1. The minimum Gasteiger partial charge on any atom is -0.446 e. The lowest BCUT2D eigenvalue weighted by molar-refractivity contribution is -0.202. The van der Waals surface area contributed by atoms with E-state index in [1.54, 1.807) is 13.8 Å². The van der Waals surface area contributed by atoms with Gasteiger partial charge in [-0.25, -0.2) is 4.79 Å². The fourth-order valence-electron chi connectivity index (χ4n) is 12.7. The first-order valence-corrected chi connectivity index (χ1v) is 17.2. The number of aliphatic hydroxyl groups excluding tert-OH is 2. The maximum absolute atomic E-state index is 12.7. The molecule has 0 aromatic carbocycles. The van der Waals surface area contributed by atoms with Crippen molar-refractivity contribution in [1.82, 2.24) is 10.2 Å². The van der Waals surface area contributed by atoms with Crippen LogP contribution in [0.25, 0.3) is 0 Å². The van der Waals surface area contributed by atoms with Crippen molar-refractivity contribution in [2.24, 2.45) is 50.7 Å². The summed E-state index contributed by atoms with van der Waals surface area (Å²) < 4.78 is 12.8. The quantitative estimate of drug-likeness (QED) is 0.351. The van der Waals surface area contributed by atoms with Gasteiger partial charge in [0.1, 0.15) is 12.2 Å². The van der Waals surface area contributed by atoms with Gasteiger partial charge < -0.3 is 35.0 Å². The van der Waals surface area contributed by atoms with E-state index in [1.165, 1.54) is 12.8 Å². The SMILES string of the molecule is C[C@@H]1C[C@H]([C@H](O)C(C)(C)O)O[C@H]2[C@H]1[C@@]1(C)CC[C@@]34C[C@@]35CC[C@H](OC(=O)NCCN(C)C)C(C)(C)[C@@H]5CC[C@H]4[C@]1(C)[C@H]2O. The Labute approximate surface area is 259 Å². The van der Waals surface area contributed by atoms with Crippen molar-refractivity contribution >= 4 is 6.09 Å². The predicted octanol–water partition coefficient (Wildman–Crippen LogP) is 4.59. The molecule has 2 spiro atoms. The van der Waals surface area contributed by atoms with Crippen LogP contribution in [0.3, 0.4) is 0 Å². The van der Waals surface area contributed by atoms with Gasteiger partial charge in [-0.2, -0.15) is 0 Å². The molecule has 4 N–H and O–H groups in total. The van der Waals surface area contributed by atoms with Gasteiger partial charge >= 0.3 is 6.09 Å². The van der Waals surface area contributed by atoms with Crippen molar-refractivity contribution in [2.45, 2.75) is 136 Å². The molecule has 6 aliphatic rings. The number of ether oxygens (including phenoxy) is 2. The number of nitrogens with zero attached hydrogens (tertiary/aromatic N) is 1. The van der Waals surface area contributed by atoms with Gasteiger partial charge in [-0.05, 0) is 119 Å². The van der Waals surface area contributed by atoms with Crippen LogP contribution in [0.1, 0.15) is 99.8 Å². The van der Waals surface area contributed by atoms with Gasteiger partial charge in [0.25, 0.3) is 0 Å². The van der Waals surface area contributed by atoms with E-state index in [-0.39, 0.29) is 57.2 Å². The van der Waals surface area contributed by atoms with E-state index in [2.05, 4.69) is 44.8 Å². The van der Waals surface area contributed by atoms with Gasteiger partial charge in [-0.1, -0.05) is 34.6 Å². The molecule has 6 rings (SSSR count). The molecule has 1 saturated heterocycles. The molecule has 5 saturated carbocycles. The Balaban J connectivity index is 1.23. The topological polar surface area (TPSA) is 111 Å². The molecule has 0 bridgehead atoms. The zero-order valence-corrected chi connectivity index (χ0v) is 28.3. The van der Waals surface area contributed by atoms with E-state index in [0.717, 1.165) is 38.6 Å². The summed E-state index contributed by atoms with van der Waals surface area (Å²) in [6, 6.07) is 0. The molecule has 1 heterocycles. The smallest absolute Gasteiger partial charge is 0.407 e. The Kier molecular flexibility index (Phi) is 7.47. The van der Waals surface area contributed by atoms with Crippen molar-refractivity contribution in [3.8, 4) is 0 Å². The van der Waals surface area contributed by atoms with Gasteiger partial charge in [0, 0.05) is 23.9 Å². The van der Waals surface area contributed by atoms with Crippen molar-refractivity contribution < 1.29 is 29.6 Å². The van der Waals surface area contributed by atoms with E-state index in [1.807, 2.05) is 14.1 Å². The number of rotatable bonds is 6. The standard InChI is InChI=1S/C35H60N2O6/c1-20-18-21(27(38)31(4,5)41)42-26-25(20)32(6)14-15-35-19-34(35)13-12-24(43-29(40)36-16-17-37(8)9)30(2,3)22(34)10-11-23(35)33(32,7)28(26)39/h20-28,38-39,41H,10-19H2,1-9H3,(H,36,40)/t20-,21-,22+,23+,24+,25+,26+,27+,28+,32-,33-,34-,35+/m1/s1. The summed E-state index contributed by atoms with van der Waals surface area (Å²) in [6.45, 7) is 16.4. The second kappa shape index (κ2) is 10.0. The maximum Gasteiger partial charge on any atom is 0.407 e. The first kappa shape index (κ1) is 32.0. The molecule has 246 valence electrons. The zero-order chi connectivity index (χ0) is 31.5. The highest BCUT2D eigenvalue weighted by Gasteiger charge is 2.84. The van der Waals surface area contributed by atoms with E-state index in [0.29, 0.717) is 24.8 Å². The maximum atomic E-state index is 12.7. The summed E-state index contributed by atoms with van der Waals surface area (Å²) in [5, 5.41) is 36.9. The third kappa shape index (κ3) is 4.28. The molecular formula is C35H60N2O6. The average molecular weight is 605 g/mol. The van der Waals surface area contributed by atoms with Crippen molar-refractivity contribution in [1.29, 1.82) is 0 Å². The summed E-state index contributed by atoms with van der Waals surface area (Å²) in [6.07, 6.45) is 5.62. The van der Waals surface area contributed by atoms with Crippen LogP contribution in [-0.4, -0.2) is 89.6 Å². The number of carbonyl (C=O) groups excluding carboxylic acids is 1. The molecule has 1 aliphatic heterocycles. The van der Waals surface area contributed by atoms with Crippen molar-refractivity contribution in [2.75, 3.05) is 27.2 Å². The molecule has 0 aromatic heterocycles. The zero-order valence-electron chi connectivity index (χ0n) is 28.3. The molecule has 5 aliphatic carbocycles. The highest BCUT2D eigenvalue weighted by Crippen LogP contribution is 2.89. The molecule has 8 heteroatoms.